The lowest BCUT2D eigenvalue weighted by molar-refractivity contribution is -0.135. The number of aromatic nitrogens is 1. The van der Waals surface area contributed by atoms with Gasteiger partial charge in [0.05, 0.1) is 20.1 Å². The molecule has 148 valence electrons. The molecular weight excluding hydrogens is 382 g/mol. The molecule has 0 bridgehead atoms. The molecule has 1 aliphatic rings. The molecule has 1 amide bonds. The van der Waals surface area contributed by atoms with Crippen LogP contribution in [-0.2, 0) is 14.8 Å². The lowest BCUT2D eigenvalue weighted by Gasteiger charge is -2.34. The number of piperidine rings is 1. The predicted octanol–water partition coefficient (Wildman–Crippen LogP) is 3.17. The number of likely N-dealkylation sites (tertiary alicyclic amines) is 1. The topological polar surface area (TPSA) is 79.4 Å². The van der Waals surface area contributed by atoms with Crippen molar-refractivity contribution in [3.8, 4) is 0 Å². The van der Waals surface area contributed by atoms with Crippen molar-refractivity contribution in [2.45, 2.75) is 51.5 Å². The van der Waals surface area contributed by atoms with Crippen LogP contribution in [0.1, 0.15) is 38.6 Å². The second-order valence-corrected chi connectivity index (χ2v) is 10.7. The normalized spacial score (nSPS) is 19.6. The van der Waals surface area contributed by atoms with Gasteiger partial charge in [0.15, 0.2) is 0 Å². The van der Waals surface area contributed by atoms with E-state index < -0.39 is 16.1 Å². The molecule has 1 aromatic heterocycles. The van der Waals surface area contributed by atoms with Crippen molar-refractivity contribution in [1.29, 1.82) is 0 Å². The molecule has 1 saturated heterocycles. The second kappa shape index (κ2) is 7.85. The third-order valence-electron chi connectivity index (χ3n) is 4.96. The summed E-state index contributed by atoms with van der Waals surface area (Å²) in [6.45, 7) is 9.14. The maximum atomic E-state index is 13.0. The Labute approximate surface area is 165 Å². The summed E-state index contributed by atoms with van der Waals surface area (Å²) in [6, 6.07) is 4.13. The van der Waals surface area contributed by atoms with Crippen molar-refractivity contribution in [3.63, 3.8) is 0 Å². The third-order valence-corrected chi connectivity index (χ3v) is 7.33. The van der Waals surface area contributed by atoms with Gasteiger partial charge in [-0.2, -0.15) is 4.72 Å². The summed E-state index contributed by atoms with van der Waals surface area (Å²) in [6.07, 6.45) is 2.07. The molecule has 0 aliphatic carbocycles. The number of fused-ring (bicyclic) bond motifs is 1. The molecule has 1 fully saturated rings. The number of nitrogens with one attached hydrogen (secondary N) is 1. The minimum absolute atomic E-state index is 0.130. The van der Waals surface area contributed by atoms with Gasteiger partial charge in [0, 0.05) is 13.1 Å². The highest BCUT2D eigenvalue weighted by Gasteiger charge is 2.33. The van der Waals surface area contributed by atoms with Gasteiger partial charge in [0.25, 0.3) is 0 Å². The van der Waals surface area contributed by atoms with Crippen LogP contribution in [0.2, 0.25) is 0 Å². The third kappa shape index (κ3) is 4.50. The van der Waals surface area contributed by atoms with E-state index in [2.05, 4.69) is 16.6 Å². The number of benzene rings is 1. The number of thiazole rings is 1. The smallest absolute Gasteiger partial charge is 0.241 e. The average Bonchev–Trinajstić information content (AvgIpc) is 2.98. The van der Waals surface area contributed by atoms with E-state index in [1.165, 1.54) is 11.3 Å². The fourth-order valence-corrected chi connectivity index (χ4v) is 5.78. The van der Waals surface area contributed by atoms with Gasteiger partial charge in [0.2, 0.25) is 15.9 Å². The molecule has 0 radical (unpaired) electrons. The molecule has 6 nitrogen and oxygen atoms in total. The first kappa shape index (κ1) is 20.2. The van der Waals surface area contributed by atoms with Crippen LogP contribution in [0, 0.1) is 18.8 Å². The van der Waals surface area contributed by atoms with E-state index in [1.807, 2.05) is 20.8 Å². The quantitative estimate of drug-likeness (QED) is 0.823. The van der Waals surface area contributed by atoms with Gasteiger partial charge in [-0.25, -0.2) is 13.4 Å². The Morgan fingerprint density at radius 1 is 1.37 bits per heavy atom. The number of aryl methyl sites for hydroxylation is 1. The number of sulfonamides is 1. The first-order valence-electron chi connectivity index (χ1n) is 9.35. The number of rotatable bonds is 5. The van der Waals surface area contributed by atoms with Crippen molar-refractivity contribution in [3.05, 3.63) is 23.2 Å². The maximum Gasteiger partial charge on any atom is 0.241 e. The highest BCUT2D eigenvalue weighted by atomic mass is 32.2. The standard InChI is InChI=1S/C19H27N3O3S2/c1-12(2)18(19(23)22-9-5-6-13(3)11-22)21-27(24,25)15-7-8-16-17(10-15)26-14(4)20-16/h7-8,10,12-13,18,21H,5-6,9,11H2,1-4H3/t13-,18+/m0/s1. The average molecular weight is 410 g/mol. The van der Waals surface area contributed by atoms with E-state index in [9.17, 15) is 13.2 Å². The zero-order valence-corrected chi connectivity index (χ0v) is 17.9. The van der Waals surface area contributed by atoms with Crippen LogP contribution in [0.15, 0.2) is 23.1 Å². The Balaban J connectivity index is 1.84. The molecule has 8 heteroatoms. The fraction of sp³-hybridized carbons (Fsp3) is 0.579. The summed E-state index contributed by atoms with van der Waals surface area (Å²) in [4.78, 5) is 19.3. The van der Waals surface area contributed by atoms with Crippen LogP contribution < -0.4 is 4.72 Å². The van der Waals surface area contributed by atoms with E-state index in [4.69, 9.17) is 0 Å². The summed E-state index contributed by atoms with van der Waals surface area (Å²) >= 11 is 1.46. The van der Waals surface area contributed by atoms with Gasteiger partial charge in [0.1, 0.15) is 6.04 Å². The number of hydrogen-bond donors (Lipinski definition) is 1. The Kier molecular flexibility index (Phi) is 5.88. The van der Waals surface area contributed by atoms with Crippen molar-refractivity contribution in [2.75, 3.05) is 13.1 Å². The summed E-state index contributed by atoms with van der Waals surface area (Å²) in [5, 5.41) is 0.891. The molecule has 2 atom stereocenters. The molecule has 0 unspecified atom stereocenters. The lowest BCUT2D eigenvalue weighted by Crippen LogP contribution is -2.53. The van der Waals surface area contributed by atoms with Crippen LogP contribution in [0.25, 0.3) is 10.2 Å². The highest BCUT2D eigenvalue weighted by molar-refractivity contribution is 7.89. The molecule has 1 aromatic carbocycles. The Bertz CT molecular complexity index is 937. The first-order valence-corrected chi connectivity index (χ1v) is 11.7. The molecule has 2 aromatic rings. The van der Waals surface area contributed by atoms with E-state index in [1.54, 1.807) is 23.1 Å². The summed E-state index contributed by atoms with van der Waals surface area (Å²) in [7, 11) is -3.80. The van der Waals surface area contributed by atoms with Crippen LogP contribution in [0.4, 0.5) is 0 Å². The summed E-state index contributed by atoms with van der Waals surface area (Å²) in [5.41, 5.74) is 0.787. The molecule has 0 spiro atoms. The minimum Gasteiger partial charge on any atom is -0.341 e. The van der Waals surface area contributed by atoms with Crippen LogP contribution in [0.5, 0.6) is 0 Å². The summed E-state index contributed by atoms with van der Waals surface area (Å²) < 4.78 is 29.4. The van der Waals surface area contributed by atoms with Gasteiger partial charge in [-0.1, -0.05) is 20.8 Å². The van der Waals surface area contributed by atoms with Gasteiger partial charge >= 0.3 is 0 Å². The lowest BCUT2D eigenvalue weighted by atomic mass is 9.97. The van der Waals surface area contributed by atoms with E-state index >= 15 is 0 Å². The maximum absolute atomic E-state index is 13.0. The number of carbonyl (C=O) groups is 1. The zero-order valence-electron chi connectivity index (χ0n) is 16.2. The van der Waals surface area contributed by atoms with E-state index in [0.717, 1.165) is 28.1 Å². The molecule has 1 aliphatic heterocycles. The molecule has 3 rings (SSSR count). The number of nitrogens with zero attached hydrogens (tertiary/aromatic N) is 2. The molecule has 0 saturated carbocycles. The Hall–Kier alpha value is -1.51. The Morgan fingerprint density at radius 2 is 2.11 bits per heavy atom. The van der Waals surface area contributed by atoms with Gasteiger partial charge in [-0.15, -0.1) is 11.3 Å². The number of amides is 1. The van der Waals surface area contributed by atoms with Crippen LogP contribution in [0.3, 0.4) is 0 Å². The summed E-state index contributed by atoms with van der Waals surface area (Å²) in [5.74, 6) is 0.179. The van der Waals surface area contributed by atoms with Crippen molar-refractivity contribution >= 4 is 37.5 Å². The van der Waals surface area contributed by atoms with Crippen LogP contribution >= 0.6 is 11.3 Å². The molecule has 1 N–H and O–H groups in total. The van der Waals surface area contributed by atoms with Gasteiger partial charge < -0.3 is 4.90 Å². The Morgan fingerprint density at radius 3 is 2.78 bits per heavy atom. The monoisotopic (exact) mass is 409 g/mol. The SMILES string of the molecule is Cc1nc2ccc(S(=O)(=O)N[C@@H](C(=O)N3CCC[C@H](C)C3)C(C)C)cc2s1. The van der Waals surface area contributed by atoms with Crippen molar-refractivity contribution in [1.82, 2.24) is 14.6 Å². The largest absolute Gasteiger partial charge is 0.341 e. The minimum atomic E-state index is -3.80. The van der Waals surface area contributed by atoms with E-state index in [-0.39, 0.29) is 16.7 Å². The zero-order chi connectivity index (χ0) is 19.8. The molecular formula is C19H27N3O3S2. The predicted molar refractivity (Wildman–Crippen MR) is 108 cm³/mol. The van der Waals surface area contributed by atoms with Crippen molar-refractivity contribution in [2.24, 2.45) is 11.8 Å². The molecule has 27 heavy (non-hydrogen) atoms. The fourth-order valence-electron chi connectivity index (χ4n) is 3.48. The van der Waals surface area contributed by atoms with Crippen LogP contribution in [-0.4, -0.2) is 43.3 Å². The second-order valence-electron chi connectivity index (χ2n) is 7.74. The van der Waals surface area contributed by atoms with Gasteiger partial charge in [-0.05, 0) is 49.8 Å². The van der Waals surface area contributed by atoms with E-state index in [0.29, 0.717) is 19.0 Å². The van der Waals surface area contributed by atoms with Gasteiger partial charge in [-0.3, -0.25) is 4.79 Å². The van der Waals surface area contributed by atoms with Crippen molar-refractivity contribution < 1.29 is 13.2 Å². The highest BCUT2D eigenvalue weighted by Crippen LogP contribution is 2.25. The molecule has 2 heterocycles. The number of hydrogen-bond acceptors (Lipinski definition) is 5. The number of carbonyl (C=O) groups excluding carboxylic acids is 1. The first-order chi connectivity index (χ1) is 12.7.